The van der Waals surface area contributed by atoms with E-state index < -0.39 is 6.16 Å². The minimum absolute atomic E-state index is 0.0729. The smallest absolute Gasteiger partial charge is 0.493 e. The third-order valence-electron chi connectivity index (χ3n) is 6.44. The molecule has 39 heavy (non-hydrogen) atoms. The maximum absolute atomic E-state index is 11.1. The number of anilines is 1. The van der Waals surface area contributed by atoms with Crippen LogP contribution in [0.1, 0.15) is 53.5 Å². The summed E-state index contributed by atoms with van der Waals surface area (Å²) in [5.74, 6) is 0.701. The van der Waals surface area contributed by atoms with Gasteiger partial charge in [0.05, 0.1) is 13.2 Å². The van der Waals surface area contributed by atoms with Crippen molar-refractivity contribution in [2.75, 3.05) is 31.2 Å². The predicted molar refractivity (Wildman–Crippen MR) is 155 cm³/mol. The third-order valence-corrected chi connectivity index (χ3v) is 6.44. The molecule has 0 amide bonds. The summed E-state index contributed by atoms with van der Waals surface area (Å²) in [5, 5.41) is 8.88. The van der Waals surface area contributed by atoms with Crippen LogP contribution in [0, 0.1) is 0 Å². The van der Waals surface area contributed by atoms with Gasteiger partial charge in [0.15, 0.2) is 0 Å². The SMILES string of the molecule is CCN(CC)c1ccc(-c2cc(-c3ccc(OC(=O)O)cc3)ccc2OCCCOC(C)=O)cc1C(C)(C)C. The van der Waals surface area contributed by atoms with Gasteiger partial charge >= 0.3 is 12.1 Å². The van der Waals surface area contributed by atoms with Gasteiger partial charge in [-0.25, -0.2) is 4.79 Å². The van der Waals surface area contributed by atoms with Gasteiger partial charge in [0, 0.05) is 37.7 Å². The lowest BCUT2D eigenvalue weighted by molar-refractivity contribution is -0.141. The number of hydrogen-bond acceptors (Lipinski definition) is 6. The van der Waals surface area contributed by atoms with Crippen LogP contribution in [0.15, 0.2) is 60.7 Å². The normalized spacial score (nSPS) is 11.1. The fourth-order valence-corrected chi connectivity index (χ4v) is 4.48. The summed E-state index contributed by atoms with van der Waals surface area (Å²) in [5.41, 5.74) is 6.28. The highest BCUT2D eigenvalue weighted by molar-refractivity contribution is 5.80. The molecule has 0 unspecified atom stereocenters. The van der Waals surface area contributed by atoms with Crippen LogP contribution in [0.2, 0.25) is 0 Å². The Hall–Kier alpha value is -4.00. The largest absolute Gasteiger partial charge is 0.511 e. The first-order valence-electron chi connectivity index (χ1n) is 13.3. The second-order valence-corrected chi connectivity index (χ2v) is 10.3. The Morgan fingerprint density at radius 1 is 0.846 bits per heavy atom. The van der Waals surface area contributed by atoms with Gasteiger partial charge in [0.2, 0.25) is 0 Å². The standard InChI is InChI=1S/C32H39NO6/c1-7-33(8-2)29-16-12-25(21-28(29)32(4,5)6)27-20-24(23-10-14-26(15-11-23)39-31(35)36)13-17-30(27)38-19-9-18-37-22(3)34/h10-17,20-21H,7-9,18-19H2,1-6H3,(H,35,36). The summed E-state index contributed by atoms with van der Waals surface area (Å²) in [7, 11) is 0. The van der Waals surface area contributed by atoms with Crippen LogP contribution in [0.25, 0.3) is 22.3 Å². The van der Waals surface area contributed by atoms with Crippen molar-refractivity contribution in [3.8, 4) is 33.8 Å². The summed E-state index contributed by atoms with van der Waals surface area (Å²) >= 11 is 0. The molecule has 0 saturated carbocycles. The van der Waals surface area contributed by atoms with Gasteiger partial charge in [-0.15, -0.1) is 0 Å². The van der Waals surface area contributed by atoms with Crippen molar-refractivity contribution in [1.82, 2.24) is 0 Å². The Morgan fingerprint density at radius 2 is 1.49 bits per heavy atom. The number of carbonyl (C=O) groups is 2. The minimum atomic E-state index is -1.34. The van der Waals surface area contributed by atoms with E-state index in [4.69, 9.17) is 19.3 Å². The zero-order chi connectivity index (χ0) is 28.6. The summed E-state index contributed by atoms with van der Waals surface area (Å²) in [4.78, 5) is 24.3. The van der Waals surface area contributed by atoms with E-state index in [-0.39, 0.29) is 17.1 Å². The molecule has 0 aliphatic rings. The summed E-state index contributed by atoms with van der Waals surface area (Å²) in [6, 6.07) is 19.5. The maximum atomic E-state index is 11.1. The van der Waals surface area contributed by atoms with E-state index in [0.29, 0.717) is 19.6 Å². The molecule has 0 aliphatic carbocycles. The summed E-state index contributed by atoms with van der Waals surface area (Å²) in [6.45, 7) is 15.0. The zero-order valence-electron chi connectivity index (χ0n) is 23.7. The highest BCUT2D eigenvalue weighted by Gasteiger charge is 2.22. The molecule has 0 spiro atoms. The van der Waals surface area contributed by atoms with Crippen molar-refractivity contribution in [3.63, 3.8) is 0 Å². The molecule has 1 N–H and O–H groups in total. The Bertz CT molecular complexity index is 1270. The van der Waals surface area contributed by atoms with Crippen molar-refractivity contribution < 1.29 is 28.9 Å². The van der Waals surface area contributed by atoms with E-state index in [1.54, 1.807) is 12.1 Å². The number of rotatable bonds is 11. The molecule has 0 aromatic heterocycles. The van der Waals surface area contributed by atoms with Crippen LogP contribution in [0.3, 0.4) is 0 Å². The average molecular weight is 534 g/mol. The molecule has 208 valence electrons. The number of nitrogens with zero attached hydrogens (tertiary/aromatic N) is 1. The molecule has 0 fully saturated rings. The quantitative estimate of drug-likeness (QED) is 0.155. The molecule has 0 heterocycles. The van der Waals surface area contributed by atoms with Gasteiger partial charge in [-0.3, -0.25) is 4.79 Å². The lowest BCUT2D eigenvalue weighted by Crippen LogP contribution is -2.26. The van der Waals surface area contributed by atoms with Gasteiger partial charge in [-0.1, -0.05) is 45.0 Å². The van der Waals surface area contributed by atoms with E-state index in [2.05, 4.69) is 63.8 Å². The van der Waals surface area contributed by atoms with Gasteiger partial charge in [0.25, 0.3) is 0 Å². The molecule has 0 aliphatic heterocycles. The van der Waals surface area contributed by atoms with E-state index in [9.17, 15) is 9.59 Å². The highest BCUT2D eigenvalue weighted by Crippen LogP contribution is 2.40. The van der Waals surface area contributed by atoms with Crippen molar-refractivity contribution in [2.24, 2.45) is 0 Å². The highest BCUT2D eigenvalue weighted by atomic mass is 16.7. The van der Waals surface area contributed by atoms with Crippen molar-refractivity contribution >= 4 is 17.8 Å². The fraction of sp³-hybridized carbons (Fsp3) is 0.375. The van der Waals surface area contributed by atoms with Gasteiger partial charge < -0.3 is 24.2 Å². The number of benzene rings is 3. The first-order chi connectivity index (χ1) is 18.5. The molecular weight excluding hydrogens is 494 g/mol. The minimum Gasteiger partial charge on any atom is -0.493 e. The molecule has 0 saturated heterocycles. The molecule has 7 heteroatoms. The number of hydrogen-bond donors (Lipinski definition) is 1. The van der Waals surface area contributed by atoms with Crippen LogP contribution in [-0.4, -0.2) is 43.5 Å². The molecule has 0 atom stereocenters. The number of carbonyl (C=O) groups excluding carboxylic acids is 1. The van der Waals surface area contributed by atoms with Gasteiger partial charge in [-0.05, 0) is 77.9 Å². The van der Waals surface area contributed by atoms with E-state index >= 15 is 0 Å². The second-order valence-electron chi connectivity index (χ2n) is 10.3. The molecule has 0 radical (unpaired) electrons. The fourth-order valence-electron chi connectivity index (χ4n) is 4.48. The second kappa shape index (κ2) is 13.2. The molecule has 3 aromatic carbocycles. The van der Waals surface area contributed by atoms with E-state index in [1.807, 2.05) is 24.3 Å². The first kappa shape index (κ1) is 29.6. The topological polar surface area (TPSA) is 85.3 Å². The van der Waals surface area contributed by atoms with Gasteiger partial charge in [0.1, 0.15) is 11.5 Å². The van der Waals surface area contributed by atoms with Crippen LogP contribution < -0.4 is 14.4 Å². The van der Waals surface area contributed by atoms with Crippen molar-refractivity contribution in [1.29, 1.82) is 0 Å². The maximum Gasteiger partial charge on any atom is 0.511 e. The van der Waals surface area contributed by atoms with Crippen LogP contribution >= 0.6 is 0 Å². The predicted octanol–water partition coefficient (Wildman–Crippen LogP) is 7.55. The molecular formula is C32H39NO6. The Morgan fingerprint density at radius 3 is 2.08 bits per heavy atom. The lowest BCUT2D eigenvalue weighted by Gasteiger charge is -2.31. The number of ether oxygens (including phenoxy) is 3. The van der Waals surface area contributed by atoms with Crippen molar-refractivity contribution in [3.05, 3.63) is 66.2 Å². The average Bonchev–Trinajstić information content (AvgIpc) is 2.89. The Balaban J connectivity index is 2.05. The van der Waals surface area contributed by atoms with Crippen LogP contribution in [-0.2, 0) is 14.9 Å². The molecule has 3 aromatic rings. The lowest BCUT2D eigenvalue weighted by atomic mass is 9.83. The monoisotopic (exact) mass is 533 g/mol. The molecule has 7 nitrogen and oxygen atoms in total. The van der Waals surface area contributed by atoms with Gasteiger partial charge in [-0.2, -0.15) is 0 Å². The first-order valence-corrected chi connectivity index (χ1v) is 13.3. The zero-order valence-corrected chi connectivity index (χ0v) is 23.7. The van der Waals surface area contributed by atoms with Crippen molar-refractivity contribution in [2.45, 2.75) is 53.4 Å². The number of esters is 1. The van der Waals surface area contributed by atoms with Crippen LogP contribution in [0.4, 0.5) is 10.5 Å². The van der Waals surface area contributed by atoms with E-state index in [0.717, 1.165) is 41.1 Å². The Kier molecular flexibility index (Phi) is 9.99. The molecule has 3 rings (SSSR count). The molecule has 0 bridgehead atoms. The number of carboxylic acid groups (broad SMARTS) is 1. The summed E-state index contributed by atoms with van der Waals surface area (Å²) < 4.78 is 16.0. The van der Waals surface area contributed by atoms with E-state index in [1.165, 1.54) is 18.2 Å². The third kappa shape index (κ3) is 7.99. The summed E-state index contributed by atoms with van der Waals surface area (Å²) in [6.07, 6.45) is -0.761. The Labute approximate surface area is 231 Å². The van der Waals surface area contributed by atoms with Crippen LogP contribution in [0.5, 0.6) is 11.5 Å².